The van der Waals surface area contributed by atoms with Crippen molar-refractivity contribution < 1.29 is 14.0 Å². The predicted molar refractivity (Wildman–Crippen MR) is 124 cm³/mol. The van der Waals surface area contributed by atoms with Crippen LogP contribution in [0.2, 0.25) is 0 Å². The highest BCUT2D eigenvalue weighted by Gasteiger charge is 2.14. The molecule has 2 heterocycles. The summed E-state index contributed by atoms with van der Waals surface area (Å²) in [6.07, 6.45) is 2.04. The van der Waals surface area contributed by atoms with Gasteiger partial charge in [0.05, 0.1) is 12.1 Å². The third-order valence-electron chi connectivity index (χ3n) is 5.23. The van der Waals surface area contributed by atoms with Crippen LogP contribution >= 0.6 is 11.3 Å². The van der Waals surface area contributed by atoms with E-state index >= 15 is 0 Å². The minimum absolute atomic E-state index is 0.0226. The Morgan fingerprint density at radius 2 is 1.75 bits per heavy atom. The van der Waals surface area contributed by atoms with Crippen molar-refractivity contribution >= 4 is 33.8 Å². The first-order chi connectivity index (χ1) is 15.5. The number of hydrogen-bond donors (Lipinski definition) is 1. The maximum Gasteiger partial charge on any atom is 0.253 e. The molecule has 0 aliphatic rings. The number of carbonyl (C=O) groups excluding carboxylic acids is 2. The molecule has 0 bridgehead atoms. The topological polar surface area (TPSA) is 66.7 Å². The molecule has 0 aliphatic carbocycles. The third kappa shape index (κ3) is 4.55. The van der Waals surface area contributed by atoms with Crippen molar-refractivity contribution in [1.82, 2.24) is 14.3 Å². The van der Waals surface area contributed by atoms with Crippen LogP contribution in [0.1, 0.15) is 29.9 Å². The number of amides is 2. The highest BCUT2D eigenvalue weighted by atomic mass is 32.1. The fraction of sp³-hybridized carbons (Fsp3) is 0.208. The van der Waals surface area contributed by atoms with Crippen molar-refractivity contribution in [2.45, 2.75) is 20.3 Å². The molecule has 1 N–H and O–H groups in total. The third-order valence-corrected chi connectivity index (χ3v) is 6.12. The SMILES string of the molecule is CCN(CC)C(=O)c1ccc(NC(=O)Cc2csc3nc(-c4ccc(F)cc4)cn23)cc1. The van der Waals surface area contributed by atoms with E-state index in [2.05, 4.69) is 10.3 Å². The molecule has 6 nitrogen and oxygen atoms in total. The summed E-state index contributed by atoms with van der Waals surface area (Å²) in [5, 5.41) is 4.78. The highest BCUT2D eigenvalue weighted by Crippen LogP contribution is 2.24. The van der Waals surface area contributed by atoms with Crippen LogP contribution < -0.4 is 5.32 Å². The molecule has 4 rings (SSSR count). The molecule has 0 unspecified atom stereocenters. The molecule has 2 aromatic heterocycles. The molecule has 2 amide bonds. The minimum Gasteiger partial charge on any atom is -0.339 e. The van der Waals surface area contributed by atoms with Crippen molar-refractivity contribution in [2.75, 3.05) is 18.4 Å². The lowest BCUT2D eigenvalue weighted by molar-refractivity contribution is -0.115. The van der Waals surface area contributed by atoms with Crippen LogP contribution in [0.5, 0.6) is 0 Å². The van der Waals surface area contributed by atoms with Crippen LogP contribution in [0.3, 0.4) is 0 Å². The second-order valence-corrected chi connectivity index (χ2v) is 8.13. The Morgan fingerprint density at radius 1 is 1.06 bits per heavy atom. The van der Waals surface area contributed by atoms with Gasteiger partial charge in [-0.1, -0.05) is 0 Å². The molecule has 2 aromatic carbocycles. The average Bonchev–Trinajstić information content (AvgIpc) is 3.37. The number of nitrogens with one attached hydrogen (secondary N) is 1. The van der Waals surface area contributed by atoms with Crippen LogP contribution in [0.15, 0.2) is 60.1 Å². The minimum atomic E-state index is -0.294. The summed E-state index contributed by atoms with van der Waals surface area (Å²) in [6, 6.07) is 13.1. The smallest absolute Gasteiger partial charge is 0.253 e. The second kappa shape index (κ2) is 9.32. The number of fused-ring (bicyclic) bond motifs is 1. The number of carbonyl (C=O) groups is 2. The maximum atomic E-state index is 13.2. The number of halogens is 1. The van der Waals surface area contributed by atoms with E-state index in [1.54, 1.807) is 41.3 Å². The van der Waals surface area contributed by atoms with E-state index < -0.39 is 0 Å². The zero-order valence-electron chi connectivity index (χ0n) is 17.8. The summed E-state index contributed by atoms with van der Waals surface area (Å²) in [7, 11) is 0. The van der Waals surface area contributed by atoms with Crippen molar-refractivity contribution in [1.29, 1.82) is 0 Å². The van der Waals surface area contributed by atoms with Gasteiger partial charge in [-0.25, -0.2) is 9.37 Å². The molecule has 0 saturated heterocycles. The maximum absolute atomic E-state index is 13.2. The molecule has 0 spiro atoms. The van der Waals surface area contributed by atoms with Crippen LogP contribution in [0, 0.1) is 5.82 Å². The van der Waals surface area contributed by atoms with Gasteiger partial charge in [0, 0.05) is 47.2 Å². The summed E-state index contributed by atoms with van der Waals surface area (Å²) < 4.78 is 15.1. The number of thiazole rings is 1. The van der Waals surface area contributed by atoms with Crippen LogP contribution in [-0.4, -0.2) is 39.2 Å². The molecule has 0 saturated carbocycles. The Bertz CT molecular complexity index is 1240. The van der Waals surface area contributed by atoms with Gasteiger partial charge in [0.15, 0.2) is 4.96 Å². The van der Waals surface area contributed by atoms with E-state index in [4.69, 9.17) is 0 Å². The lowest BCUT2D eigenvalue weighted by atomic mass is 10.1. The van der Waals surface area contributed by atoms with Gasteiger partial charge in [-0.05, 0) is 62.4 Å². The van der Waals surface area contributed by atoms with Gasteiger partial charge in [-0.2, -0.15) is 0 Å². The summed E-state index contributed by atoms with van der Waals surface area (Å²) in [5.41, 5.74) is 3.59. The van der Waals surface area contributed by atoms with Crippen molar-refractivity contribution in [3.8, 4) is 11.3 Å². The first-order valence-corrected chi connectivity index (χ1v) is 11.3. The van der Waals surface area contributed by atoms with E-state index in [0.717, 1.165) is 21.9 Å². The quantitative estimate of drug-likeness (QED) is 0.437. The van der Waals surface area contributed by atoms with Crippen molar-refractivity contribution in [2.24, 2.45) is 0 Å². The summed E-state index contributed by atoms with van der Waals surface area (Å²) in [5.74, 6) is -0.479. The molecule has 32 heavy (non-hydrogen) atoms. The Kier molecular flexibility index (Phi) is 6.32. The number of anilines is 1. The number of aromatic nitrogens is 2. The normalized spacial score (nSPS) is 11.0. The largest absolute Gasteiger partial charge is 0.339 e. The van der Waals surface area contributed by atoms with E-state index in [-0.39, 0.29) is 24.1 Å². The molecule has 0 aliphatic heterocycles. The molecule has 164 valence electrons. The van der Waals surface area contributed by atoms with Gasteiger partial charge < -0.3 is 10.2 Å². The van der Waals surface area contributed by atoms with Crippen molar-refractivity contribution in [3.05, 3.63) is 77.2 Å². The van der Waals surface area contributed by atoms with Crippen LogP contribution in [0.4, 0.5) is 10.1 Å². The Balaban J connectivity index is 1.44. The summed E-state index contributed by atoms with van der Waals surface area (Å²) in [6.45, 7) is 5.20. The molecule has 0 fully saturated rings. The average molecular weight is 451 g/mol. The lowest BCUT2D eigenvalue weighted by Crippen LogP contribution is -2.30. The number of nitrogens with zero attached hydrogens (tertiary/aromatic N) is 3. The van der Waals surface area contributed by atoms with Gasteiger partial charge in [-0.15, -0.1) is 11.3 Å². The summed E-state index contributed by atoms with van der Waals surface area (Å²) in [4.78, 5) is 32.1. The van der Waals surface area contributed by atoms with Gasteiger partial charge in [0.25, 0.3) is 5.91 Å². The second-order valence-electron chi connectivity index (χ2n) is 7.29. The molecule has 0 radical (unpaired) electrons. The Morgan fingerprint density at radius 3 is 2.41 bits per heavy atom. The van der Waals surface area contributed by atoms with E-state index in [1.165, 1.54) is 23.5 Å². The van der Waals surface area contributed by atoms with Crippen LogP contribution in [-0.2, 0) is 11.2 Å². The monoisotopic (exact) mass is 450 g/mol. The molecular weight excluding hydrogens is 427 g/mol. The Labute approximate surface area is 189 Å². The summed E-state index contributed by atoms with van der Waals surface area (Å²) >= 11 is 1.45. The molecule has 4 aromatic rings. The van der Waals surface area contributed by atoms with Gasteiger partial charge in [0.2, 0.25) is 5.91 Å². The van der Waals surface area contributed by atoms with E-state index in [1.807, 2.05) is 29.8 Å². The lowest BCUT2D eigenvalue weighted by Gasteiger charge is -2.18. The zero-order chi connectivity index (χ0) is 22.7. The van der Waals surface area contributed by atoms with Gasteiger partial charge >= 0.3 is 0 Å². The number of rotatable bonds is 7. The highest BCUT2D eigenvalue weighted by molar-refractivity contribution is 7.15. The number of benzene rings is 2. The van der Waals surface area contributed by atoms with Crippen LogP contribution in [0.25, 0.3) is 16.2 Å². The van der Waals surface area contributed by atoms with E-state index in [0.29, 0.717) is 24.3 Å². The number of imidazole rings is 1. The van der Waals surface area contributed by atoms with Crippen molar-refractivity contribution in [3.63, 3.8) is 0 Å². The predicted octanol–water partition coefficient (Wildman–Crippen LogP) is 4.87. The molecule has 8 heteroatoms. The first-order valence-electron chi connectivity index (χ1n) is 10.4. The van der Waals surface area contributed by atoms with E-state index in [9.17, 15) is 14.0 Å². The zero-order valence-corrected chi connectivity index (χ0v) is 18.7. The van der Waals surface area contributed by atoms with Gasteiger partial charge in [-0.3, -0.25) is 14.0 Å². The van der Waals surface area contributed by atoms with Gasteiger partial charge in [0.1, 0.15) is 5.82 Å². The molecular formula is C24H23FN4O2S. The first kappa shape index (κ1) is 21.7. The fourth-order valence-electron chi connectivity index (χ4n) is 3.48. The number of hydrogen-bond acceptors (Lipinski definition) is 4. The Hall–Kier alpha value is -3.52. The molecule has 0 atom stereocenters. The fourth-order valence-corrected chi connectivity index (χ4v) is 4.35. The standard InChI is InChI=1S/C24H23FN4O2S/c1-3-28(4-2)23(31)17-7-11-19(12-8-17)26-22(30)13-20-15-32-24-27-21(14-29(20)24)16-5-9-18(25)10-6-16/h5-12,14-15H,3-4,13H2,1-2H3,(H,26,30).